The molecule has 0 aromatic heterocycles. The van der Waals surface area contributed by atoms with Gasteiger partial charge in [0.25, 0.3) is 5.91 Å². The summed E-state index contributed by atoms with van der Waals surface area (Å²) in [6.45, 7) is 3.44. The van der Waals surface area contributed by atoms with Gasteiger partial charge in [-0.1, -0.05) is 0 Å². The lowest BCUT2D eigenvalue weighted by Crippen LogP contribution is -2.38. The van der Waals surface area contributed by atoms with Crippen LogP contribution >= 0.6 is 11.8 Å². The van der Waals surface area contributed by atoms with Crippen molar-refractivity contribution in [1.29, 1.82) is 0 Å². The normalized spacial score (nSPS) is 15.4. The molecule has 11 nitrogen and oxygen atoms in total. The number of rotatable bonds is 19. The standard InChI is InChI=1S/C24H36N2O9S/c1-30-6-8-32-10-12-34-19-14-18(15-20(16-19)35-13-11-33-9-7-31-2)23(28)25-4-5-26-22(27)17-21(36-3)24(26)29/h14-16,21H,4-13,17H2,1-3H3,(H,25,28). The third kappa shape index (κ3) is 10.3. The number of imide groups is 1. The molecule has 1 unspecified atom stereocenters. The Bertz CT molecular complexity index is 806. The molecule has 1 fully saturated rings. The Balaban J connectivity index is 1.93. The van der Waals surface area contributed by atoms with Crippen molar-refractivity contribution in [2.75, 3.05) is 86.4 Å². The van der Waals surface area contributed by atoms with Gasteiger partial charge >= 0.3 is 0 Å². The summed E-state index contributed by atoms with van der Waals surface area (Å²) in [5.41, 5.74) is 0.323. The fourth-order valence-electron chi connectivity index (χ4n) is 3.25. The first-order valence-corrected chi connectivity index (χ1v) is 13.0. The predicted octanol–water partition coefficient (Wildman–Crippen LogP) is 0.991. The molecule has 1 aromatic carbocycles. The minimum atomic E-state index is -0.376. The Kier molecular flexibility index (Phi) is 14.2. The van der Waals surface area contributed by atoms with E-state index in [0.717, 1.165) is 0 Å². The van der Waals surface area contributed by atoms with E-state index in [1.165, 1.54) is 16.7 Å². The second kappa shape index (κ2) is 17.1. The number of hydrogen-bond donors (Lipinski definition) is 1. The maximum atomic E-state index is 12.8. The second-order valence-electron chi connectivity index (χ2n) is 7.67. The molecule has 202 valence electrons. The number of carbonyl (C=O) groups is 3. The molecule has 0 saturated carbocycles. The lowest BCUT2D eigenvalue weighted by atomic mass is 10.2. The van der Waals surface area contributed by atoms with Gasteiger partial charge in [-0.15, -0.1) is 0 Å². The van der Waals surface area contributed by atoms with Crippen LogP contribution in [0.3, 0.4) is 0 Å². The highest BCUT2D eigenvalue weighted by Gasteiger charge is 2.37. The Labute approximate surface area is 216 Å². The molecule has 36 heavy (non-hydrogen) atoms. The molecule has 1 saturated heterocycles. The first-order chi connectivity index (χ1) is 17.5. The van der Waals surface area contributed by atoms with Gasteiger partial charge in [-0.05, 0) is 18.4 Å². The van der Waals surface area contributed by atoms with Crippen molar-refractivity contribution >= 4 is 29.5 Å². The first kappa shape index (κ1) is 29.8. The summed E-state index contributed by atoms with van der Waals surface area (Å²) in [4.78, 5) is 38.3. The number of hydrogen-bond acceptors (Lipinski definition) is 10. The van der Waals surface area contributed by atoms with Crippen molar-refractivity contribution in [2.45, 2.75) is 11.7 Å². The maximum Gasteiger partial charge on any atom is 0.251 e. The van der Waals surface area contributed by atoms with E-state index in [1.807, 2.05) is 0 Å². The van der Waals surface area contributed by atoms with E-state index < -0.39 is 0 Å². The van der Waals surface area contributed by atoms with Gasteiger partial charge in [0.05, 0.1) is 44.9 Å². The fraction of sp³-hybridized carbons (Fsp3) is 0.625. The monoisotopic (exact) mass is 528 g/mol. The summed E-state index contributed by atoms with van der Waals surface area (Å²) in [6, 6.07) is 4.88. The summed E-state index contributed by atoms with van der Waals surface area (Å²) in [5, 5.41) is 2.41. The summed E-state index contributed by atoms with van der Waals surface area (Å²) in [7, 11) is 3.20. The van der Waals surface area contributed by atoms with Crippen molar-refractivity contribution in [2.24, 2.45) is 0 Å². The van der Waals surface area contributed by atoms with Crippen LogP contribution in [0.4, 0.5) is 0 Å². The molecule has 1 N–H and O–H groups in total. The molecule has 1 aliphatic heterocycles. The van der Waals surface area contributed by atoms with Crippen LogP contribution in [-0.2, 0) is 28.5 Å². The van der Waals surface area contributed by atoms with E-state index in [0.29, 0.717) is 56.7 Å². The first-order valence-electron chi connectivity index (χ1n) is 11.7. The highest BCUT2D eigenvalue weighted by atomic mass is 32.2. The van der Waals surface area contributed by atoms with Gasteiger partial charge in [0.1, 0.15) is 24.7 Å². The van der Waals surface area contributed by atoms with Crippen molar-refractivity contribution in [3.05, 3.63) is 23.8 Å². The zero-order valence-corrected chi connectivity index (χ0v) is 21.9. The fourth-order valence-corrected chi connectivity index (χ4v) is 3.89. The highest BCUT2D eigenvalue weighted by Crippen LogP contribution is 2.24. The number of nitrogens with zero attached hydrogens (tertiary/aromatic N) is 1. The van der Waals surface area contributed by atoms with E-state index >= 15 is 0 Å². The number of methoxy groups -OCH3 is 2. The van der Waals surface area contributed by atoms with Gasteiger partial charge in [0.15, 0.2) is 0 Å². The molecular formula is C24H36N2O9S. The molecule has 0 aliphatic carbocycles. The van der Waals surface area contributed by atoms with Crippen LogP contribution in [0.5, 0.6) is 11.5 Å². The van der Waals surface area contributed by atoms with Crippen molar-refractivity contribution in [1.82, 2.24) is 10.2 Å². The molecule has 0 spiro atoms. The lowest BCUT2D eigenvalue weighted by Gasteiger charge is -2.16. The van der Waals surface area contributed by atoms with Crippen LogP contribution < -0.4 is 14.8 Å². The lowest BCUT2D eigenvalue weighted by molar-refractivity contribution is -0.138. The minimum absolute atomic E-state index is 0.123. The number of thioether (sulfide) groups is 1. The average molecular weight is 529 g/mol. The van der Waals surface area contributed by atoms with Crippen molar-refractivity contribution in [3.63, 3.8) is 0 Å². The Morgan fingerprint density at radius 2 is 1.47 bits per heavy atom. The SMILES string of the molecule is COCCOCCOc1cc(OCCOCCOC)cc(C(=O)NCCN2C(=O)CC(SC)C2=O)c1. The number of nitrogens with one attached hydrogen (secondary N) is 1. The van der Waals surface area contributed by atoms with E-state index in [-0.39, 0.29) is 55.7 Å². The van der Waals surface area contributed by atoms with Crippen molar-refractivity contribution in [3.8, 4) is 11.5 Å². The highest BCUT2D eigenvalue weighted by molar-refractivity contribution is 8.00. The maximum absolute atomic E-state index is 12.8. The molecular weight excluding hydrogens is 492 g/mol. The van der Waals surface area contributed by atoms with Crippen LogP contribution in [0.25, 0.3) is 0 Å². The van der Waals surface area contributed by atoms with Crippen LogP contribution in [-0.4, -0.2) is 114 Å². The largest absolute Gasteiger partial charge is 0.491 e. The minimum Gasteiger partial charge on any atom is -0.491 e. The molecule has 0 radical (unpaired) electrons. The van der Waals surface area contributed by atoms with Gasteiger partial charge in [0, 0.05) is 45.4 Å². The number of ether oxygens (including phenoxy) is 6. The van der Waals surface area contributed by atoms with E-state index in [2.05, 4.69) is 5.32 Å². The number of benzene rings is 1. The van der Waals surface area contributed by atoms with Crippen molar-refractivity contribution < 1.29 is 42.8 Å². The van der Waals surface area contributed by atoms with Gasteiger partial charge in [-0.2, -0.15) is 11.8 Å². The Morgan fingerprint density at radius 1 is 0.917 bits per heavy atom. The third-order valence-electron chi connectivity index (χ3n) is 5.11. The average Bonchev–Trinajstić information content (AvgIpc) is 3.15. The quantitative estimate of drug-likeness (QED) is 0.205. The molecule has 1 heterocycles. The van der Waals surface area contributed by atoms with Gasteiger partial charge < -0.3 is 33.7 Å². The number of amides is 3. The van der Waals surface area contributed by atoms with E-state index in [9.17, 15) is 14.4 Å². The van der Waals surface area contributed by atoms with Crippen LogP contribution in [0.2, 0.25) is 0 Å². The predicted molar refractivity (Wildman–Crippen MR) is 134 cm³/mol. The Hall–Kier alpha value is -2.38. The number of likely N-dealkylation sites (tertiary alicyclic amines) is 1. The molecule has 3 amide bonds. The van der Waals surface area contributed by atoms with Gasteiger partial charge in [0.2, 0.25) is 11.8 Å². The summed E-state index contributed by atoms with van der Waals surface area (Å²) in [5.74, 6) is 0.0777. The third-order valence-corrected chi connectivity index (χ3v) is 6.04. The van der Waals surface area contributed by atoms with Gasteiger partial charge in [-0.25, -0.2) is 0 Å². The van der Waals surface area contributed by atoms with Crippen LogP contribution in [0.1, 0.15) is 16.8 Å². The van der Waals surface area contributed by atoms with Crippen LogP contribution in [0.15, 0.2) is 18.2 Å². The van der Waals surface area contributed by atoms with Crippen LogP contribution in [0, 0.1) is 0 Å². The van der Waals surface area contributed by atoms with Gasteiger partial charge in [-0.3, -0.25) is 19.3 Å². The second-order valence-corrected chi connectivity index (χ2v) is 8.71. The molecule has 0 bridgehead atoms. The topological polar surface area (TPSA) is 122 Å². The smallest absolute Gasteiger partial charge is 0.251 e. The molecule has 1 aromatic rings. The summed E-state index contributed by atoms with van der Waals surface area (Å²) in [6.07, 6.45) is 1.99. The zero-order chi connectivity index (χ0) is 26.2. The molecule has 1 atom stereocenters. The van der Waals surface area contributed by atoms with E-state index in [1.54, 1.807) is 38.7 Å². The molecule has 2 rings (SSSR count). The summed E-state index contributed by atoms with van der Waals surface area (Å²) < 4.78 is 32.2. The number of carbonyl (C=O) groups excluding carboxylic acids is 3. The summed E-state index contributed by atoms with van der Waals surface area (Å²) >= 11 is 1.35. The molecule has 1 aliphatic rings. The zero-order valence-electron chi connectivity index (χ0n) is 21.1. The van der Waals surface area contributed by atoms with E-state index in [4.69, 9.17) is 28.4 Å². The molecule has 12 heteroatoms. The Morgan fingerprint density at radius 3 is 1.97 bits per heavy atom.